The van der Waals surface area contributed by atoms with Crippen LogP contribution in [0.5, 0.6) is 0 Å². The topological polar surface area (TPSA) is 58.4 Å². The number of aromatic nitrogens is 2. The number of carbonyl (C=O) groups is 2. The molecule has 1 amide bonds. The Morgan fingerprint density at radius 2 is 1.72 bits per heavy atom. The van der Waals surface area contributed by atoms with Gasteiger partial charge in [-0.05, 0) is 32.0 Å². The van der Waals surface area contributed by atoms with Gasteiger partial charge in [0, 0.05) is 68.1 Å². The highest BCUT2D eigenvalue weighted by Gasteiger charge is 2.24. The van der Waals surface area contributed by atoms with E-state index in [1.165, 1.54) is 0 Å². The summed E-state index contributed by atoms with van der Waals surface area (Å²) in [6.07, 6.45) is 3.26. The van der Waals surface area contributed by atoms with Crippen molar-refractivity contribution in [3.05, 3.63) is 53.1 Å². The summed E-state index contributed by atoms with van der Waals surface area (Å²) in [4.78, 5) is 32.9. The molecule has 132 valence electrons. The van der Waals surface area contributed by atoms with Gasteiger partial charge in [-0.15, -0.1) is 0 Å². The summed E-state index contributed by atoms with van der Waals surface area (Å²) in [5, 5.41) is 0. The first-order chi connectivity index (χ1) is 12.0. The SMILES string of the molecule is Cc1cc(C(=O)CN2CCN(C(=O)c3ccncc3)CC2)c(C)n1C. The first-order valence-electron chi connectivity index (χ1n) is 8.55. The molecule has 0 bridgehead atoms. The van der Waals surface area contributed by atoms with Crippen LogP contribution >= 0.6 is 0 Å². The molecule has 0 aromatic carbocycles. The van der Waals surface area contributed by atoms with Gasteiger partial charge in [-0.1, -0.05) is 0 Å². The second-order valence-electron chi connectivity index (χ2n) is 6.57. The lowest BCUT2D eigenvalue weighted by molar-refractivity contribution is 0.0624. The monoisotopic (exact) mass is 340 g/mol. The molecule has 0 N–H and O–H groups in total. The first-order valence-corrected chi connectivity index (χ1v) is 8.55. The summed E-state index contributed by atoms with van der Waals surface area (Å²) in [5.41, 5.74) is 3.56. The van der Waals surface area contributed by atoms with Crippen molar-refractivity contribution >= 4 is 11.7 Å². The molecule has 0 radical (unpaired) electrons. The molecule has 0 spiro atoms. The molecule has 0 unspecified atom stereocenters. The second kappa shape index (κ2) is 7.19. The Labute approximate surface area is 148 Å². The van der Waals surface area contributed by atoms with Crippen LogP contribution < -0.4 is 0 Å². The van der Waals surface area contributed by atoms with Crippen molar-refractivity contribution in [2.24, 2.45) is 7.05 Å². The molecule has 1 saturated heterocycles. The van der Waals surface area contributed by atoms with Gasteiger partial charge in [0.25, 0.3) is 5.91 Å². The van der Waals surface area contributed by atoms with E-state index in [0.717, 1.165) is 17.0 Å². The molecular formula is C19H24N4O2. The Morgan fingerprint density at radius 1 is 1.08 bits per heavy atom. The average molecular weight is 340 g/mol. The Hall–Kier alpha value is -2.47. The predicted molar refractivity (Wildman–Crippen MR) is 95.8 cm³/mol. The van der Waals surface area contributed by atoms with Crippen molar-refractivity contribution in [2.45, 2.75) is 13.8 Å². The lowest BCUT2D eigenvalue weighted by Gasteiger charge is -2.34. The van der Waals surface area contributed by atoms with Gasteiger partial charge in [0.05, 0.1) is 6.54 Å². The quantitative estimate of drug-likeness (QED) is 0.795. The van der Waals surface area contributed by atoms with Crippen LogP contribution in [-0.4, -0.2) is 63.8 Å². The Kier molecular flexibility index (Phi) is 4.99. The van der Waals surface area contributed by atoms with Gasteiger partial charge in [-0.3, -0.25) is 19.5 Å². The second-order valence-corrected chi connectivity index (χ2v) is 6.57. The first kappa shape index (κ1) is 17.4. The summed E-state index contributed by atoms with van der Waals surface area (Å²) in [7, 11) is 1.98. The number of ketones is 1. The van der Waals surface area contributed by atoms with E-state index in [-0.39, 0.29) is 11.7 Å². The number of piperazine rings is 1. The third kappa shape index (κ3) is 3.64. The van der Waals surface area contributed by atoms with Crippen LogP contribution in [0.15, 0.2) is 30.6 Å². The minimum absolute atomic E-state index is 0.0305. The maximum absolute atomic E-state index is 12.6. The Morgan fingerprint density at radius 3 is 2.28 bits per heavy atom. The fourth-order valence-electron chi connectivity index (χ4n) is 3.21. The zero-order valence-corrected chi connectivity index (χ0v) is 15.0. The average Bonchev–Trinajstić information content (AvgIpc) is 2.90. The zero-order valence-electron chi connectivity index (χ0n) is 15.0. The molecule has 1 aliphatic heterocycles. The van der Waals surface area contributed by atoms with Gasteiger partial charge in [-0.2, -0.15) is 0 Å². The number of nitrogens with zero attached hydrogens (tertiary/aromatic N) is 4. The van der Waals surface area contributed by atoms with E-state index >= 15 is 0 Å². The smallest absolute Gasteiger partial charge is 0.254 e. The fourth-order valence-corrected chi connectivity index (χ4v) is 3.21. The van der Waals surface area contributed by atoms with Crippen molar-refractivity contribution in [1.29, 1.82) is 0 Å². The molecule has 0 aliphatic carbocycles. The number of aryl methyl sites for hydroxylation is 1. The third-order valence-electron chi connectivity index (χ3n) is 5.03. The highest BCUT2D eigenvalue weighted by molar-refractivity contribution is 5.99. The van der Waals surface area contributed by atoms with Gasteiger partial charge in [0.2, 0.25) is 0 Å². The normalized spacial score (nSPS) is 15.4. The maximum atomic E-state index is 12.6. The zero-order chi connectivity index (χ0) is 18.0. The van der Waals surface area contributed by atoms with Crippen molar-refractivity contribution < 1.29 is 9.59 Å². The van der Waals surface area contributed by atoms with Gasteiger partial charge in [0.15, 0.2) is 5.78 Å². The van der Waals surface area contributed by atoms with Crippen LogP contribution in [0.2, 0.25) is 0 Å². The Bertz CT molecular complexity index is 774. The van der Waals surface area contributed by atoms with E-state index in [1.54, 1.807) is 24.5 Å². The number of amides is 1. The predicted octanol–water partition coefficient (Wildman–Crippen LogP) is 1.68. The molecule has 3 heterocycles. The van der Waals surface area contributed by atoms with Crippen LogP contribution in [0, 0.1) is 13.8 Å². The maximum Gasteiger partial charge on any atom is 0.254 e. The molecule has 2 aromatic rings. The third-order valence-corrected chi connectivity index (χ3v) is 5.03. The summed E-state index contributed by atoms with van der Waals surface area (Å²) in [5.74, 6) is 0.179. The largest absolute Gasteiger partial charge is 0.351 e. The molecule has 6 nitrogen and oxygen atoms in total. The molecule has 25 heavy (non-hydrogen) atoms. The standard InChI is InChI=1S/C19H24N4O2/c1-14-12-17(15(2)21(14)3)18(24)13-22-8-10-23(11-9-22)19(25)16-4-6-20-7-5-16/h4-7,12H,8-11,13H2,1-3H3. The molecule has 0 saturated carbocycles. The van der Waals surface area contributed by atoms with E-state index in [9.17, 15) is 9.59 Å². The van der Waals surface area contributed by atoms with E-state index in [1.807, 2.05) is 36.4 Å². The van der Waals surface area contributed by atoms with Crippen molar-refractivity contribution in [2.75, 3.05) is 32.7 Å². The number of carbonyl (C=O) groups excluding carboxylic acids is 2. The van der Waals surface area contributed by atoms with Crippen LogP contribution in [0.3, 0.4) is 0 Å². The van der Waals surface area contributed by atoms with E-state index in [0.29, 0.717) is 38.3 Å². The summed E-state index contributed by atoms with van der Waals surface area (Å²) >= 11 is 0. The summed E-state index contributed by atoms with van der Waals surface area (Å²) in [6, 6.07) is 5.43. The van der Waals surface area contributed by atoms with E-state index in [4.69, 9.17) is 0 Å². The van der Waals surface area contributed by atoms with Crippen LogP contribution in [0.25, 0.3) is 0 Å². The highest BCUT2D eigenvalue weighted by Crippen LogP contribution is 2.15. The van der Waals surface area contributed by atoms with E-state index < -0.39 is 0 Å². The number of hydrogen-bond donors (Lipinski definition) is 0. The molecule has 2 aromatic heterocycles. The number of Topliss-reactive ketones (excluding diaryl/α,β-unsaturated/α-hetero) is 1. The molecule has 1 fully saturated rings. The molecule has 1 aliphatic rings. The number of rotatable bonds is 4. The molecule has 0 atom stereocenters. The number of hydrogen-bond acceptors (Lipinski definition) is 4. The molecule has 6 heteroatoms. The Balaban J connectivity index is 1.56. The van der Waals surface area contributed by atoms with Crippen molar-refractivity contribution in [1.82, 2.24) is 19.4 Å². The summed E-state index contributed by atoms with van der Waals surface area (Å²) in [6.45, 7) is 7.10. The van der Waals surface area contributed by atoms with E-state index in [2.05, 4.69) is 9.88 Å². The number of pyridine rings is 1. The fraction of sp³-hybridized carbons (Fsp3) is 0.421. The lowest BCUT2D eigenvalue weighted by atomic mass is 10.1. The minimum atomic E-state index is 0.0305. The summed E-state index contributed by atoms with van der Waals surface area (Å²) < 4.78 is 2.04. The van der Waals surface area contributed by atoms with Crippen LogP contribution in [0.4, 0.5) is 0 Å². The molecule has 3 rings (SSSR count). The van der Waals surface area contributed by atoms with Crippen molar-refractivity contribution in [3.63, 3.8) is 0 Å². The van der Waals surface area contributed by atoms with Gasteiger partial charge >= 0.3 is 0 Å². The molecular weight excluding hydrogens is 316 g/mol. The van der Waals surface area contributed by atoms with Gasteiger partial charge in [0.1, 0.15) is 0 Å². The minimum Gasteiger partial charge on any atom is -0.351 e. The van der Waals surface area contributed by atoms with Crippen molar-refractivity contribution in [3.8, 4) is 0 Å². The van der Waals surface area contributed by atoms with Gasteiger partial charge in [-0.25, -0.2) is 0 Å². The lowest BCUT2D eigenvalue weighted by Crippen LogP contribution is -2.49. The highest BCUT2D eigenvalue weighted by atomic mass is 16.2. The van der Waals surface area contributed by atoms with Crippen LogP contribution in [-0.2, 0) is 7.05 Å². The van der Waals surface area contributed by atoms with Gasteiger partial charge < -0.3 is 9.47 Å². The van der Waals surface area contributed by atoms with Crippen LogP contribution in [0.1, 0.15) is 32.1 Å².